The zero-order chi connectivity index (χ0) is 19.6. The SMILES string of the molecule is CN=C(NCCc1ccco1)NCC(=O)N1CCC(Cc2ccccc2)CC1. The van der Waals surface area contributed by atoms with Crippen LogP contribution >= 0.6 is 0 Å². The summed E-state index contributed by atoms with van der Waals surface area (Å²) in [5, 5.41) is 6.32. The van der Waals surface area contributed by atoms with Gasteiger partial charge in [0.1, 0.15) is 5.76 Å². The van der Waals surface area contributed by atoms with Crippen molar-refractivity contribution in [3.05, 3.63) is 60.1 Å². The van der Waals surface area contributed by atoms with Crippen molar-refractivity contribution < 1.29 is 9.21 Å². The van der Waals surface area contributed by atoms with Gasteiger partial charge in [0.15, 0.2) is 5.96 Å². The Morgan fingerprint density at radius 1 is 1.14 bits per heavy atom. The van der Waals surface area contributed by atoms with E-state index in [4.69, 9.17) is 4.42 Å². The van der Waals surface area contributed by atoms with Crippen LogP contribution in [0.2, 0.25) is 0 Å². The molecule has 2 heterocycles. The molecule has 0 aliphatic carbocycles. The van der Waals surface area contributed by atoms with Crippen molar-refractivity contribution in [3.63, 3.8) is 0 Å². The number of hydrogen-bond acceptors (Lipinski definition) is 3. The van der Waals surface area contributed by atoms with E-state index in [0.717, 1.165) is 44.5 Å². The van der Waals surface area contributed by atoms with Gasteiger partial charge in [0.25, 0.3) is 0 Å². The van der Waals surface area contributed by atoms with Crippen LogP contribution in [0.3, 0.4) is 0 Å². The maximum Gasteiger partial charge on any atom is 0.241 e. The molecule has 6 nitrogen and oxygen atoms in total. The summed E-state index contributed by atoms with van der Waals surface area (Å²) in [7, 11) is 1.71. The molecule has 150 valence electrons. The van der Waals surface area contributed by atoms with E-state index in [1.165, 1.54) is 5.56 Å². The fourth-order valence-corrected chi connectivity index (χ4v) is 3.58. The second-order valence-electron chi connectivity index (χ2n) is 7.20. The number of amides is 1. The molecule has 2 N–H and O–H groups in total. The fraction of sp³-hybridized carbons (Fsp3) is 0.455. The summed E-state index contributed by atoms with van der Waals surface area (Å²) in [5.74, 6) is 2.36. The van der Waals surface area contributed by atoms with E-state index in [2.05, 4.69) is 46.0 Å². The average Bonchev–Trinajstić information content (AvgIpc) is 3.25. The van der Waals surface area contributed by atoms with E-state index >= 15 is 0 Å². The molecule has 1 amide bonds. The van der Waals surface area contributed by atoms with Crippen LogP contribution in [0.5, 0.6) is 0 Å². The summed E-state index contributed by atoms with van der Waals surface area (Å²) in [6.45, 7) is 2.64. The van der Waals surface area contributed by atoms with Crippen LogP contribution in [-0.4, -0.2) is 50.0 Å². The molecule has 0 spiro atoms. The highest BCUT2D eigenvalue weighted by Crippen LogP contribution is 2.21. The molecular weight excluding hydrogens is 352 g/mol. The molecule has 0 unspecified atom stereocenters. The molecule has 0 bridgehead atoms. The van der Waals surface area contributed by atoms with Gasteiger partial charge in [-0.25, -0.2) is 0 Å². The minimum absolute atomic E-state index is 0.132. The van der Waals surface area contributed by atoms with Gasteiger partial charge < -0.3 is 20.0 Å². The largest absolute Gasteiger partial charge is 0.469 e. The first-order valence-corrected chi connectivity index (χ1v) is 10.0. The second-order valence-corrected chi connectivity index (χ2v) is 7.20. The molecule has 3 rings (SSSR count). The van der Waals surface area contributed by atoms with Gasteiger partial charge in [0.05, 0.1) is 12.8 Å². The lowest BCUT2D eigenvalue weighted by Crippen LogP contribution is -2.47. The standard InChI is InChI=1S/C22H30N4O2/c1-23-22(24-12-9-20-8-5-15-28-20)25-17-21(27)26-13-10-19(11-14-26)16-18-6-3-2-4-7-18/h2-8,15,19H,9-14,16-17H2,1H3,(H2,23,24,25). The third-order valence-corrected chi connectivity index (χ3v) is 5.21. The van der Waals surface area contributed by atoms with Gasteiger partial charge >= 0.3 is 0 Å². The number of piperidine rings is 1. The Labute approximate surface area is 167 Å². The van der Waals surface area contributed by atoms with Crippen molar-refractivity contribution in [1.29, 1.82) is 0 Å². The van der Waals surface area contributed by atoms with Crippen LogP contribution in [0.15, 0.2) is 58.1 Å². The molecule has 6 heteroatoms. The molecule has 1 fully saturated rings. The van der Waals surface area contributed by atoms with E-state index in [9.17, 15) is 4.79 Å². The Bertz CT molecular complexity index is 735. The summed E-state index contributed by atoms with van der Waals surface area (Å²) in [6.07, 6.45) is 5.68. The van der Waals surface area contributed by atoms with Crippen molar-refractivity contribution in [3.8, 4) is 0 Å². The maximum atomic E-state index is 12.5. The Balaban J connectivity index is 1.34. The van der Waals surface area contributed by atoms with Gasteiger partial charge in [-0.2, -0.15) is 0 Å². The smallest absolute Gasteiger partial charge is 0.241 e. The Morgan fingerprint density at radius 2 is 1.93 bits per heavy atom. The molecule has 1 saturated heterocycles. The fourth-order valence-electron chi connectivity index (χ4n) is 3.58. The molecule has 2 aromatic rings. The predicted molar refractivity (Wildman–Crippen MR) is 111 cm³/mol. The van der Waals surface area contributed by atoms with E-state index in [0.29, 0.717) is 18.4 Å². The van der Waals surface area contributed by atoms with Crippen LogP contribution in [0.1, 0.15) is 24.2 Å². The lowest BCUT2D eigenvalue weighted by Gasteiger charge is -2.32. The third-order valence-electron chi connectivity index (χ3n) is 5.21. The van der Waals surface area contributed by atoms with E-state index in [-0.39, 0.29) is 12.5 Å². The summed E-state index contributed by atoms with van der Waals surface area (Å²) in [5.41, 5.74) is 1.39. The van der Waals surface area contributed by atoms with Crippen LogP contribution in [0.4, 0.5) is 0 Å². The van der Waals surface area contributed by atoms with Gasteiger partial charge in [-0.3, -0.25) is 9.79 Å². The summed E-state index contributed by atoms with van der Waals surface area (Å²) < 4.78 is 5.31. The minimum Gasteiger partial charge on any atom is -0.469 e. The number of guanidine groups is 1. The first-order valence-electron chi connectivity index (χ1n) is 10.0. The van der Waals surface area contributed by atoms with Crippen LogP contribution in [0.25, 0.3) is 0 Å². The summed E-state index contributed by atoms with van der Waals surface area (Å²) in [6, 6.07) is 14.4. The van der Waals surface area contributed by atoms with Gasteiger partial charge in [-0.1, -0.05) is 30.3 Å². The van der Waals surface area contributed by atoms with Crippen molar-refractivity contribution >= 4 is 11.9 Å². The van der Waals surface area contributed by atoms with Gasteiger partial charge in [0, 0.05) is 33.1 Å². The molecule has 1 aliphatic rings. The lowest BCUT2D eigenvalue weighted by atomic mass is 9.90. The van der Waals surface area contributed by atoms with E-state index in [1.807, 2.05) is 17.0 Å². The number of furan rings is 1. The first kappa shape index (κ1) is 20.0. The molecular formula is C22H30N4O2. The van der Waals surface area contributed by atoms with Crippen LogP contribution in [-0.2, 0) is 17.6 Å². The van der Waals surface area contributed by atoms with Crippen molar-refractivity contribution in [2.45, 2.75) is 25.7 Å². The number of aliphatic imine (C=N–C) groups is 1. The molecule has 1 aromatic heterocycles. The highest BCUT2D eigenvalue weighted by Gasteiger charge is 2.22. The topological polar surface area (TPSA) is 69.9 Å². The number of benzene rings is 1. The number of nitrogens with one attached hydrogen (secondary N) is 2. The quantitative estimate of drug-likeness (QED) is 0.570. The Kier molecular flexibility index (Phi) is 7.53. The average molecular weight is 383 g/mol. The van der Waals surface area contributed by atoms with Gasteiger partial charge in [0.2, 0.25) is 5.91 Å². The van der Waals surface area contributed by atoms with E-state index < -0.39 is 0 Å². The number of rotatable bonds is 7. The number of carbonyl (C=O) groups excluding carboxylic acids is 1. The third kappa shape index (κ3) is 6.15. The van der Waals surface area contributed by atoms with Crippen molar-refractivity contribution in [2.24, 2.45) is 10.9 Å². The lowest BCUT2D eigenvalue weighted by molar-refractivity contribution is -0.131. The van der Waals surface area contributed by atoms with Crippen molar-refractivity contribution in [1.82, 2.24) is 15.5 Å². The second kappa shape index (κ2) is 10.5. The Morgan fingerprint density at radius 3 is 2.61 bits per heavy atom. The number of carbonyl (C=O) groups is 1. The molecule has 0 radical (unpaired) electrons. The highest BCUT2D eigenvalue weighted by atomic mass is 16.3. The van der Waals surface area contributed by atoms with Crippen molar-refractivity contribution in [2.75, 3.05) is 33.2 Å². The number of nitrogens with zero attached hydrogens (tertiary/aromatic N) is 2. The van der Waals surface area contributed by atoms with Gasteiger partial charge in [-0.05, 0) is 42.9 Å². The highest BCUT2D eigenvalue weighted by molar-refractivity contribution is 5.86. The Hall–Kier alpha value is -2.76. The van der Waals surface area contributed by atoms with Gasteiger partial charge in [-0.15, -0.1) is 0 Å². The van der Waals surface area contributed by atoms with Crippen LogP contribution in [0, 0.1) is 5.92 Å². The predicted octanol–water partition coefficient (Wildman–Crippen LogP) is 2.47. The minimum atomic E-state index is 0.132. The summed E-state index contributed by atoms with van der Waals surface area (Å²) >= 11 is 0. The molecule has 1 aromatic carbocycles. The normalized spacial score (nSPS) is 15.5. The monoisotopic (exact) mass is 382 g/mol. The van der Waals surface area contributed by atoms with Crippen LogP contribution < -0.4 is 10.6 Å². The first-order chi connectivity index (χ1) is 13.7. The maximum absolute atomic E-state index is 12.5. The molecule has 0 atom stereocenters. The zero-order valence-corrected chi connectivity index (χ0v) is 16.6. The molecule has 1 aliphatic heterocycles. The van der Waals surface area contributed by atoms with E-state index in [1.54, 1.807) is 13.3 Å². The number of likely N-dealkylation sites (tertiary alicyclic amines) is 1. The molecule has 0 saturated carbocycles. The molecule has 28 heavy (non-hydrogen) atoms. The summed E-state index contributed by atoms with van der Waals surface area (Å²) in [4.78, 5) is 18.6. The zero-order valence-electron chi connectivity index (χ0n) is 16.6. The number of hydrogen-bond donors (Lipinski definition) is 2.